The van der Waals surface area contributed by atoms with Crippen LogP contribution >= 0.6 is 0 Å². The number of hydrogen-bond donors (Lipinski definition) is 0. The molecule has 0 amide bonds. The average molecular weight is 214 g/mol. The van der Waals surface area contributed by atoms with E-state index < -0.39 is 11.7 Å². The fraction of sp³-hybridized carbons (Fsp3) is 0.500. The standard InChI is InChI=1S/C12H13F3/c1-2-8-7-11(8)9-3-5-10(6-4-9)12(13,14)15/h3-6,8,11H,2,7H2,1H3/t8-,11-/m0/s1. The Hall–Kier alpha value is -0.990. The predicted octanol–water partition coefficient (Wildman–Crippen LogP) is 4.22. The van der Waals surface area contributed by atoms with Gasteiger partial charge in [0.1, 0.15) is 0 Å². The molecule has 0 heterocycles. The quantitative estimate of drug-likeness (QED) is 0.691. The summed E-state index contributed by atoms with van der Waals surface area (Å²) in [4.78, 5) is 0. The Morgan fingerprint density at radius 2 is 1.80 bits per heavy atom. The molecule has 1 aromatic carbocycles. The molecule has 1 aliphatic rings. The van der Waals surface area contributed by atoms with E-state index in [2.05, 4.69) is 6.92 Å². The lowest BCUT2D eigenvalue weighted by Crippen LogP contribution is -2.04. The molecule has 82 valence electrons. The van der Waals surface area contributed by atoms with E-state index in [9.17, 15) is 13.2 Å². The molecule has 2 atom stereocenters. The highest BCUT2D eigenvalue weighted by atomic mass is 19.4. The summed E-state index contributed by atoms with van der Waals surface area (Å²) in [6.45, 7) is 2.12. The van der Waals surface area contributed by atoms with E-state index >= 15 is 0 Å². The SMILES string of the molecule is CC[C@H]1C[C@@H]1c1ccc(C(F)(F)F)cc1. The summed E-state index contributed by atoms with van der Waals surface area (Å²) in [6, 6.07) is 5.59. The van der Waals surface area contributed by atoms with Crippen LogP contribution in [0.3, 0.4) is 0 Å². The van der Waals surface area contributed by atoms with Crippen LogP contribution in [0, 0.1) is 5.92 Å². The van der Waals surface area contributed by atoms with Gasteiger partial charge in [-0.25, -0.2) is 0 Å². The smallest absolute Gasteiger partial charge is 0.166 e. The van der Waals surface area contributed by atoms with E-state index in [0.29, 0.717) is 11.8 Å². The maximum atomic E-state index is 12.3. The van der Waals surface area contributed by atoms with E-state index in [-0.39, 0.29) is 0 Å². The summed E-state index contributed by atoms with van der Waals surface area (Å²) >= 11 is 0. The molecular formula is C12H13F3. The summed E-state index contributed by atoms with van der Waals surface area (Å²) in [5.41, 5.74) is 0.495. The summed E-state index contributed by atoms with van der Waals surface area (Å²) in [7, 11) is 0. The fourth-order valence-corrected chi connectivity index (χ4v) is 2.03. The summed E-state index contributed by atoms with van der Waals surface area (Å²) in [5.74, 6) is 1.18. The van der Waals surface area contributed by atoms with Crippen molar-refractivity contribution in [2.24, 2.45) is 5.92 Å². The first-order valence-corrected chi connectivity index (χ1v) is 5.19. The Kier molecular flexibility index (Phi) is 2.49. The van der Waals surface area contributed by atoms with E-state index in [0.717, 1.165) is 18.4 Å². The molecule has 0 nitrogen and oxygen atoms in total. The highest BCUT2D eigenvalue weighted by Crippen LogP contribution is 2.49. The second kappa shape index (κ2) is 3.54. The van der Waals surface area contributed by atoms with Gasteiger partial charge in [-0.3, -0.25) is 0 Å². The second-order valence-corrected chi connectivity index (χ2v) is 4.13. The highest BCUT2D eigenvalue weighted by Gasteiger charge is 2.37. The van der Waals surface area contributed by atoms with Crippen LogP contribution in [-0.2, 0) is 6.18 Å². The van der Waals surface area contributed by atoms with Crippen LogP contribution in [0.25, 0.3) is 0 Å². The van der Waals surface area contributed by atoms with E-state index in [4.69, 9.17) is 0 Å². The number of rotatable bonds is 2. The Balaban J connectivity index is 2.12. The van der Waals surface area contributed by atoms with Crippen molar-refractivity contribution in [1.82, 2.24) is 0 Å². The van der Waals surface area contributed by atoms with Crippen molar-refractivity contribution in [3.63, 3.8) is 0 Å². The zero-order valence-corrected chi connectivity index (χ0v) is 8.51. The van der Waals surface area contributed by atoms with Gasteiger partial charge in [0.25, 0.3) is 0 Å². The first-order valence-electron chi connectivity index (χ1n) is 5.19. The minimum Gasteiger partial charge on any atom is -0.166 e. The minimum absolute atomic E-state index is 0.497. The Labute approximate surface area is 87.1 Å². The maximum absolute atomic E-state index is 12.3. The highest BCUT2D eigenvalue weighted by molar-refractivity contribution is 5.30. The van der Waals surface area contributed by atoms with Gasteiger partial charge in [-0.05, 0) is 36.0 Å². The number of alkyl halides is 3. The molecule has 1 aromatic rings. The van der Waals surface area contributed by atoms with Gasteiger partial charge in [0.2, 0.25) is 0 Å². The fourth-order valence-electron chi connectivity index (χ4n) is 2.03. The van der Waals surface area contributed by atoms with Gasteiger partial charge in [0.05, 0.1) is 5.56 Å². The first kappa shape index (κ1) is 10.5. The van der Waals surface area contributed by atoms with E-state index in [1.807, 2.05) is 0 Å². The van der Waals surface area contributed by atoms with Crippen molar-refractivity contribution in [1.29, 1.82) is 0 Å². The van der Waals surface area contributed by atoms with Crippen LogP contribution in [0.5, 0.6) is 0 Å². The Bertz CT molecular complexity index is 337. The lowest BCUT2D eigenvalue weighted by molar-refractivity contribution is -0.137. The van der Waals surface area contributed by atoms with E-state index in [1.165, 1.54) is 12.1 Å². The van der Waals surface area contributed by atoms with Crippen LogP contribution in [0.4, 0.5) is 13.2 Å². The molecule has 0 unspecified atom stereocenters. The maximum Gasteiger partial charge on any atom is 0.416 e. The first-order chi connectivity index (χ1) is 7.02. The monoisotopic (exact) mass is 214 g/mol. The zero-order chi connectivity index (χ0) is 11.1. The van der Waals surface area contributed by atoms with Gasteiger partial charge in [-0.1, -0.05) is 25.5 Å². The average Bonchev–Trinajstić information content (AvgIpc) is 2.95. The van der Waals surface area contributed by atoms with Crippen LogP contribution in [0.1, 0.15) is 36.8 Å². The van der Waals surface area contributed by atoms with Gasteiger partial charge in [-0.2, -0.15) is 13.2 Å². The molecule has 1 fully saturated rings. The Morgan fingerprint density at radius 3 is 2.20 bits per heavy atom. The van der Waals surface area contributed by atoms with Gasteiger partial charge in [0, 0.05) is 0 Å². The molecule has 2 rings (SSSR count). The van der Waals surface area contributed by atoms with Crippen LogP contribution in [-0.4, -0.2) is 0 Å². The van der Waals surface area contributed by atoms with Crippen molar-refractivity contribution in [3.8, 4) is 0 Å². The van der Waals surface area contributed by atoms with Crippen molar-refractivity contribution in [2.45, 2.75) is 31.9 Å². The van der Waals surface area contributed by atoms with Crippen LogP contribution < -0.4 is 0 Å². The Morgan fingerprint density at radius 1 is 1.20 bits per heavy atom. The molecule has 0 bridgehead atoms. The van der Waals surface area contributed by atoms with Crippen LogP contribution in [0.2, 0.25) is 0 Å². The van der Waals surface area contributed by atoms with E-state index in [1.54, 1.807) is 12.1 Å². The molecule has 0 radical (unpaired) electrons. The lowest BCUT2D eigenvalue weighted by atomic mass is 10.1. The molecule has 0 N–H and O–H groups in total. The lowest BCUT2D eigenvalue weighted by Gasteiger charge is -2.07. The molecule has 0 saturated heterocycles. The molecule has 15 heavy (non-hydrogen) atoms. The topological polar surface area (TPSA) is 0 Å². The number of halogens is 3. The van der Waals surface area contributed by atoms with Gasteiger partial charge in [-0.15, -0.1) is 0 Å². The molecule has 1 saturated carbocycles. The molecule has 0 aliphatic heterocycles. The molecule has 0 aromatic heterocycles. The van der Waals surface area contributed by atoms with Gasteiger partial charge < -0.3 is 0 Å². The van der Waals surface area contributed by atoms with Gasteiger partial charge in [0.15, 0.2) is 0 Å². The van der Waals surface area contributed by atoms with Crippen molar-refractivity contribution < 1.29 is 13.2 Å². The predicted molar refractivity (Wildman–Crippen MR) is 52.6 cm³/mol. The van der Waals surface area contributed by atoms with Crippen molar-refractivity contribution in [2.75, 3.05) is 0 Å². The summed E-state index contributed by atoms with van der Waals surface area (Å²) in [6.07, 6.45) is -1.97. The minimum atomic E-state index is -4.22. The second-order valence-electron chi connectivity index (χ2n) is 4.13. The van der Waals surface area contributed by atoms with Gasteiger partial charge >= 0.3 is 6.18 Å². The van der Waals surface area contributed by atoms with Crippen molar-refractivity contribution >= 4 is 0 Å². The third-order valence-electron chi connectivity index (χ3n) is 3.11. The normalized spacial score (nSPS) is 25.3. The largest absolute Gasteiger partial charge is 0.416 e. The molecule has 1 aliphatic carbocycles. The molecule has 0 spiro atoms. The van der Waals surface area contributed by atoms with Crippen molar-refractivity contribution in [3.05, 3.63) is 35.4 Å². The number of hydrogen-bond acceptors (Lipinski definition) is 0. The molecular weight excluding hydrogens is 201 g/mol. The summed E-state index contributed by atoms with van der Waals surface area (Å²) < 4.78 is 36.8. The van der Waals surface area contributed by atoms with Crippen LogP contribution in [0.15, 0.2) is 24.3 Å². The third-order valence-corrected chi connectivity index (χ3v) is 3.11. The zero-order valence-electron chi connectivity index (χ0n) is 8.51. The summed E-state index contributed by atoms with van der Waals surface area (Å²) in [5, 5.41) is 0. The third kappa shape index (κ3) is 2.16. The number of benzene rings is 1. The molecule has 3 heteroatoms.